The van der Waals surface area contributed by atoms with Gasteiger partial charge in [-0.3, -0.25) is 4.79 Å². The number of rotatable bonds is 2. The lowest BCUT2D eigenvalue weighted by atomic mass is 10.1. The molecule has 0 radical (unpaired) electrons. The van der Waals surface area contributed by atoms with Crippen LogP contribution in [0, 0.1) is 0 Å². The van der Waals surface area contributed by atoms with Crippen LogP contribution in [0.25, 0.3) is 0 Å². The van der Waals surface area contributed by atoms with Gasteiger partial charge < -0.3 is 16.4 Å². The number of alkyl halides is 3. The number of hydrogen-bond donors (Lipinski definition) is 3. The lowest BCUT2D eigenvalue weighted by Gasteiger charge is -2.24. The van der Waals surface area contributed by atoms with Crippen molar-refractivity contribution in [3.8, 4) is 0 Å². The molecule has 4 N–H and O–H groups in total. The van der Waals surface area contributed by atoms with Gasteiger partial charge in [0.1, 0.15) is 6.04 Å². The maximum atomic E-state index is 12.5. The molecule has 0 spiro atoms. The number of nitrogens with one attached hydrogen (secondary N) is 2. The van der Waals surface area contributed by atoms with Gasteiger partial charge in [0, 0.05) is 6.54 Å². The predicted molar refractivity (Wildman–Crippen MR) is 65.5 cm³/mol. The van der Waals surface area contributed by atoms with E-state index in [0.717, 1.165) is 18.6 Å². The minimum atomic E-state index is -4.42. The highest BCUT2D eigenvalue weighted by molar-refractivity contribution is 5.86. The monoisotopic (exact) mass is 273 g/mol. The van der Waals surface area contributed by atoms with E-state index in [2.05, 4.69) is 10.6 Å². The van der Waals surface area contributed by atoms with Crippen LogP contribution in [0.5, 0.6) is 0 Å². The van der Waals surface area contributed by atoms with E-state index in [0.29, 0.717) is 18.7 Å². The second-order valence-electron chi connectivity index (χ2n) is 4.43. The number of nitrogen functional groups attached to an aromatic ring is 1. The summed E-state index contributed by atoms with van der Waals surface area (Å²) in [6.45, 7) is 0.625. The SMILES string of the molecule is Nc1cc(C(F)(F)F)ccc1NC1CCCNC1=O. The number of nitrogens with two attached hydrogens (primary N) is 1. The van der Waals surface area contributed by atoms with E-state index < -0.39 is 17.8 Å². The summed E-state index contributed by atoms with van der Waals surface area (Å²) >= 11 is 0. The third kappa shape index (κ3) is 3.10. The van der Waals surface area contributed by atoms with Crippen molar-refractivity contribution in [3.63, 3.8) is 0 Å². The van der Waals surface area contributed by atoms with E-state index in [4.69, 9.17) is 5.73 Å². The van der Waals surface area contributed by atoms with Crippen molar-refractivity contribution < 1.29 is 18.0 Å². The normalized spacial score (nSPS) is 19.9. The fourth-order valence-corrected chi connectivity index (χ4v) is 1.97. The molecule has 0 bridgehead atoms. The van der Waals surface area contributed by atoms with Gasteiger partial charge in [-0.2, -0.15) is 13.2 Å². The average molecular weight is 273 g/mol. The van der Waals surface area contributed by atoms with Gasteiger partial charge in [-0.15, -0.1) is 0 Å². The molecule has 4 nitrogen and oxygen atoms in total. The van der Waals surface area contributed by atoms with Gasteiger partial charge in [-0.25, -0.2) is 0 Å². The van der Waals surface area contributed by atoms with E-state index in [1.165, 1.54) is 6.07 Å². The summed E-state index contributed by atoms with van der Waals surface area (Å²) in [6, 6.07) is 2.61. The van der Waals surface area contributed by atoms with Crippen molar-refractivity contribution in [2.75, 3.05) is 17.6 Å². The van der Waals surface area contributed by atoms with Crippen molar-refractivity contribution in [2.45, 2.75) is 25.1 Å². The Balaban J connectivity index is 2.15. The smallest absolute Gasteiger partial charge is 0.397 e. The topological polar surface area (TPSA) is 67.2 Å². The summed E-state index contributed by atoms with van der Waals surface area (Å²) in [7, 11) is 0. The quantitative estimate of drug-likeness (QED) is 0.722. The van der Waals surface area contributed by atoms with E-state index >= 15 is 0 Å². The lowest BCUT2D eigenvalue weighted by Crippen LogP contribution is -2.44. The zero-order chi connectivity index (χ0) is 14.0. The van der Waals surface area contributed by atoms with Gasteiger partial charge in [0.25, 0.3) is 0 Å². The molecule has 1 aromatic carbocycles. The van der Waals surface area contributed by atoms with Crippen LogP contribution in [0.4, 0.5) is 24.5 Å². The first-order valence-corrected chi connectivity index (χ1v) is 5.89. The van der Waals surface area contributed by atoms with Crippen LogP contribution < -0.4 is 16.4 Å². The zero-order valence-electron chi connectivity index (χ0n) is 10.1. The highest BCUT2D eigenvalue weighted by Gasteiger charge is 2.31. The first-order chi connectivity index (χ1) is 8.88. The number of benzene rings is 1. The van der Waals surface area contributed by atoms with Gasteiger partial charge in [-0.05, 0) is 31.0 Å². The second kappa shape index (κ2) is 4.99. The molecule has 0 saturated carbocycles. The maximum Gasteiger partial charge on any atom is 0.416 e. The fourth-order valence-electron chi connectivity index (χ4n) is 1.97. The predicted octanol–water partition coefficient (Wildman–Crippen LogP) is 1.98. The molecule has 104 valence electrons. The summed E-state index contributed by atoms with van der Waals surface area (Å²) < 4.78 is 37.4. The molecule has 1 amide bonds. The third-order valence-electron chi connectivity index (χ3n) is 2.99. The Labute approximate surface area is 108 Å². The molecule has 0 aliphatic carbocycles. The lowest BCUT2D eigenvalue weighted by molar-refractivity contribution is -0.137. The number of halogens is 3. The number of carbonyl (C=O) groups is 1. The molecule has 1 aromatic rings. The van der Waals surface area contributed by atoms with E-state index in [1.807, 2.05) is 0 Å². The Kier molecular flexibility index (Phi) is 3.55. The first kappa shape index (κ1) is 13.5. The van der Waals surface area contributed by atoms with Crippen LogP contribution in [0.1, 0.15) is 18.4 Å². The molecule has 1 aliphatic heterocycles. The Bertz CT molecular complexity index is 488. The molecule has 19 heavy (non-hydrogen) atoms. The van der Waals surface area contributed by atoms with E-state index in [-0.39, 0.29) is 11.6 Å². The highest BCUT2D eigenvalue weighted by Crippen LogP contribution is 2.33. The summed E-state index contributed by atoms with van der Waals surface area (Å²) in [4.78, 5) is 11.5. The van der Waals surface area contributed by atoms with Gasteiger partial charge in [-0.1, -0.05) is 0 Å². The fraction of sp³-hybridized carbons (Fsp3) is 0.417. The minimum absolute atomic E-state index is 0.0202. The van der Waals surface area contributed by atoms with Gasteiger partial charge in [0.2, 0.25) is 5.91 Å². The molecular formula is C12H14F3N3O. The summed E-state index contributed by atoms with van der Waals surface area (Å²) in [5.41, 5.74) is 5.11. The van der Waals surface area contributed by atoms with Crippen molar-refractivity contribution in [2.24, 2.45) is 0 Å². The number of carbonyl (C=O) groups excluding carboxylic acids is 1. The average Bonchev–Trinajstić information content (AvgIpc) is 2.33. The molecule has 1 fully saturated rings. The van der Waals surface area contributed by atoms with E-state index in [9.17, 15) is 18.0 Å². The Morgan fingerprint density at radius 2 is 2.11 bits per heavy atom. The highest BCUT2D eigenvalue weighted by atomic mass is 19.4. The van der Waals surface area contributed by atoms with Crippen molar-refractivity contribution in [1.29, 1.82) is 0 Å². The van der Waals surface area contributed by atoms with Gasteiger partial charge >= 0.3 is 6.18 Å². The molecular weight excluding hydrogens is 259 g/mol. The van der Waals surface area contributed by atoms with Crippen molar-refractivity contribution in [1.82, 2.24) is 5.32 Å². The number of hydrogen-bond acceptors (Lipinski definition) is 3. The third-order valence-corrected chi connectivity index (χ3v) is 2.99. The molecule has 2 rings (SSSR count). The Morgan fingerprint density at radius 3 is 2.68 bits per heavy atom. The Hall–Kier alpha value is -1.92. The molecule has 1 heterocycles. The standard InChI is InChI=1S/C12H14F3N3O/c13-12(14,15)7-3-4-9(8(16)6-7)18-10-2-1-5-17-11(10)19/h3-4,6,10,18H,1-2,5,16H2,(H,17,19). The molecule has 0 aromatic heterocycles. The minimum Gasteiger partial charge on any atom is -0.397 e. The molecule has 7 heteroatoms. The number of piperidine rings is 1. The number of anilines is 2. The van der Waals surface area contributed by atoms with Crippen LogP contribution in [0.2, 0.25) is 0 Å². The van der Waals surface area contributed by atoms with Crippen LogP contribution >= 0.6 is 0 Å². The summed E-state index contributed by atoms with van der Waals surface area (Å²) in [5, 5.41) is 5.56. The molecule has 1 unspecified atom stereocenters. The Morgan fingerprint density at radius 1 is 1.37 bits per heavy atom. The molecule has 1 aliphatic rings. The van der Waals surface area contributed by atoms with Gasteiger partial charge in [0.05, 0.1) is 16.9 Å². The van der Waals surface area contributed by atoms with Crippen LogP contribution in [-0.2, 0) is 11.0 Å². The molecule has 1 saturated heterocycles. The maximum absolute atomic E-state index is 12.5. The zero-order valence-corrected chi connectivity index (χ0v) is 10.1. The van der Waals surface area contributed by atoms with Gasteiger partial charge in [0.15, 0.2) is 0 Å². The van der Waals surface area contributed by atoms with Crippen molar-refractivity contribution >= 4 is 17.3 Å². The van der Waals surface area contributed by atoms with E-state index in [1.54, 1.807) is 0 Å². The largest absolute Gasteiger partial charge is 0.416 e. The summed E-state index contributed by atoms with van der Waals surface area (Å²) in [5.74, 6) is -0.162. The van der Waals surface area contributed by atoms with Crippen LogP contribution in [0.15, 0.2) is 18.2 Å². The van der Waals surface area contributed by atoms with Crippen LogP contribution in [-0.4, -0.2) is 18.5 Å². The molecule has 1 atom stereocenters. The first-order valence-electron chi connectivity index (χ1n) is 5.89. The van der Waals surface area contributed by atoms with Crippen LogP contribution in [0.3, 0.4) is 0 Å². The number of amides is 1. The van der Waals surface area contributed by atoms with Crippen molar-refractivity contribution in [3.05, 3.63) is 23.8 Å². The summed E-state index contributed by atoms with van der Waals surface area (Å²) in [6.07, 6.45) is -2.97. The second-order valence-corrected chi connectivity index (χ2v) is 4.43.